The zero-order valence-corrected chi connectivity index (χ0v) is 17.5. The van der Waals surface area contributed by atoms with Crippen molar-refractivity contribution in [3.8, 4) is 5.75 Å². The number of aromatic hydroxyl groups is 1. The van der Waals surface area contributed by atoms with Crippen LogP contribution in [0.25, 0.3) is 0 Å². The first-order valence-corrected chi connectivity index (χ1v) is 11.3. The van der Waals surface area contributed by atoms with E-state index in [1.165, 1.54) is 61.7 Å². The van der Waals surface area contributed by atoms with Crippen LogP contribution in [0.5, 0.6) is 5.75 Å². The molecule has 0 fully saturated rings. The summed E-state index contributed by atoms with van der Waals surface area (Å²) in [6, 6.07) is 10.0. The third-order valence-corrected chi connectivity index (χ3v) is 5.85. The fraction of sp³-hybridized carbons (Fsp3) is 0.381. The van der Waals surface area contributed by atoms with E-state index in [2.05, 4.69) is 17.0 Å². The first-order chi connectivity index (χ1) is 13.8. The van der Waals surface area contributed by atoms with Gasteiger partial charge >= 0.3 is 0 Å². The monoisotopic (exact) mass is 419 g/mol. The van der Waals surface area contributed by atoms with Crippen LogP contribution >= 0.6 is 0 Å². The quantitative estimate of drug-likeness (QED) is 0.243. The van der Waals surface area contributed by atoms with Crippen LogP contribution in [0.15, 0.2) is 47.4 Å². The topological polar surface area (TPSA) is 122 Å². The van der Waals surface area contributed by atoms with Crippen molar-refractivity contribution in [2.75, 3.05) is 15.8 Å². The fourth-order valence-corrected chi connectivity index (χ4v) is 3.92. The van der Waals surface area contributed by atoms with Gasteiger partial charge in [0.1, 0.15) is 5.75 Å². The lowest BCUT2D eigenvalue weighted by atomic mass is 10.1. The minimum absolute atomic E-state index is 0.0163. The first-order valence-electron chi connectivity index (χ1n) is 9.83. The predicted molar refractivity (Wildman–Crippen MR) is 116 cm³/mol. The standard InChI is InChI=1S/C21H29N3O4S/c1-2-3-4-5-6-7-8-21(26)23-17-10-12-18(13-11-17)29(27,28)24-19-14-9-16(22)15-20(19)25/h9-15,24-25H,2-8,22H2,1H3,(H,23,26). The molecular formula is C21H29N3O4S. The van der Waals surface area contributed by atoms with Crippen LogP contribution in [0.3, 0.4) is 0 Å². The molecule has 0 aliphatic rings. The minimum atomic E-state index is -3.88. The number of sulfonamides is 1. The van der Waals surface area contributed by atoms with Crippen molar-refractivity contribution in [1.82, 2.24) is 0 Å². The van der Waals surface area contributed by atoms with Gasteiger partial charge in [0, 0.05) is 23.9 Å². The number of unbranched alkanes of at least 4 members (excludes halogenated alkanes) is 5. The Labute approximate surface area is 172 Å². The third-order valence-electron chi connectivity index (χ3n) is 4.47. The molecule has 5 N–H and O–H groups in total. The summed E-state index contributed by atoms with van der Waals surface area (Å²) in [6.07, 6.45) is 7.10. The SMILES string of the molecule is CCCCCCCCC(=O)Nc1ccc(S(=O)(=O)Nc2ccc(N)cc2O)cc1. The molecule has 0 saturated heterocycles. The Morgan fingerprint density at radius 1 is 1.00 bits per heavy atom. The Balaban J connectivity index is 1.89. The highest BCUT2D eigenvalue weighted by atomic mass is 32.2. The van der Waals surface area contributed by atoms with Gasteiger partial charge in [-0.2, -0.15) is 0 Å². The molecule has 0 aromatic heterocycles. The summed E-state index contributed by atoms with van der Waals surface area (Å²) in [7, 11) is -3.88. The number of carbonyl (C=O) groups is 1. The Hall–Kier alpha value is -2.74. The molecule has 0 aliphatic heterocycles. The molecule has 2 aromatic carbocycles. The summed E-state index contributed by atoms with van der Waals surface area (Å²) >= 11 is 0. The van der Waals surface area contributed by atoms with Gasteiger partial charge in [0.25, 0.3) is 10.0 Å². The van der Waals surface area contributed by atoms with Crippen molar-refractivity contribution in [3.05, 3.63) is 42.5 Å². The lowest BCUT2D eigenvalue weighted by Crippen LogP contribution is -2.14. The third kappa shape index (κ3) is 7.30. The lowest BCUT2D eigenvalue weighted by Gasteiger charge is -2.11. The number of anilines is 3. The average Bonchev–Trinajstić information content (AvgIpc) is 2.67. The van der Waals surface area contributed by atoms with E-state index >= 15 is 0 Å². The van der Waals surface area contributed by atoms with Crippen molar-refractivity contribution < 1.29 is 18.3 Å². The maximum atomic E-state index is 12.5. The van der Waals surface area contributed by atoms with E-state index in [4.69, 9.17) is 5.73 Å². The highest BCUT2D eigenvalue weighted by Gasteiger charge is 2.16. The summed E-state index contributed by atoms with van der Waals surface area (Å²) in [5.41, 5.74) is 6.44. The van der Waals surface area contributed by atoms with E-state index in [1.807, 2.05) is 0 Å². The Morgan fingerprint density at radius 3 is 2.31 bits per heavy atom. The van der Waals surface area contributed by atoms with E-state index < -0.39 is 10.0 Å². The molecule has 158 valence electrons. The maximum Gasteiger partial charge on any atom is 0.262 e. The van der Waals surface area contributed by atoms with E-state index in [1.54, 1.807) is 0 Å². The van der Waals surface area contributed by atoms with Gasteiger partial charge < -0.3 is 16.2 Å². The van der Waals surface area contributed by atoms with Crippen molar-refractivity contribution in [3.63, 3.8) is 0 Å². The van der Waals surface area contributed by atoms with Gasteiger partial charge in [-0.15, -0.1) is 0 Å². The molecule has 29 heavy (non-hydrogen) atoms. The van der Waals surface area contributed by atoms with E-state index in [-0.39, 0.29) is 22.2 Å². The van der Waals surface area contributed by atoms with E-state index in [0.717, 1.165) is 19.3 Å². The van der Waals surface area contributed by atoms with Gasteiger partial charge in [-0.25, -0.2) is 8.42 Å². The van der Waals surface area contributed by atoms with Gasteiger partial charge in [-0.1, -0.05) is 39.0 Å². The average molecular weight is 420 g/mol. The number of phenolic OH excluding ortho intramolecular Hbond substituents is 1. The molecule has 0 heterocycles. The number of nitrogen functional groups attached to an aromatic ring is 1. The highest BCUT2D eigenvalue weighted by Crippen LogP contribution is 2.28. The predicted octanol–water partition coefficient (Wildman–Crippen LogP) is 4.46. The van der Waals surface area contributed by atoms with Crippen LogP contribution in [0.2, 0.25) is 0 Å². The van der Waals surface area contributed by atoms with Gasteiger partial charge in [0.05, 0.1) is 10.6 Å². The summed E-state index contributed by atoms with van der Waals surface area (Å²) in [5, 5.41) is 12.6. The van der Waals surface area contributed by atoms with Gasteiger partial charge in [0.2, 0.25) is 5.91 Å². The number of rotatable bonds is 11. The molecular weight excluding hydrogens is 390 g/mol. The minimum Gasteiger partial charge on any atom is -0.506 e. The molecule has 8 heteroatoms. The number of hydrogen-bond acceptors (Lipinski definition) is 5. The Bertz CT molecular complexity index is 912. The zero-order chi connectivity index (χ0) is 21.3. The zero-order valence-electron chi connectivity index (χ0n) is 16.6. The summed E-state index contributed by atoms with van der Waals surface area (Å²) in [4.78, 5) is 12.0. The summed E-state index contributed by atoms with van der Waals surface area (Å²) in [5.74, 6) is -0.340. The second-order valence-electron chi connectivity index (χ2n) is 6.97. The Morgan fingerprint density at radius 2 is 1.66 bits per heavy atom. The number of hydrogen-bond donors (Lipinski definition) is 4. The normalized spacial score (nSPS) is 11.2. The number of phenols is 1. The van der Waals surface area contributed by atoms with Crippen LogP contribution in [0.4, 0.5) is 17.1 Å². The van der Waals surface area contributed by atoms with Crippen molar-refractivity contribution >= 4 is 33.0 Å². The number of nitrogens with two attached hydrogens (primary N) is 1. The van der Waals surface area contributed by atoms with Crippen molar-refractivity contribution in [1.29, 1.82) is 0 Å². The van der Waals surface area contributed by atoms with Crippen LogP contribution in [0, 0.1) is 0 Å². The number of amides is 1. The number of carbonyl (C=O) groups excluding carboxylic acids is 1. The molecule has 1 amide bonds. The molecule has 0 spiro atoms. The van der Waals surface area contributed by atoms with Gasteiger partial charge in [0.15, 0.2) is 0 Å². The van der Waals surface area contributed by atoms with Gasteiger partial charge in [-0.3, -0.25) is 9.52 Å². The highest BCUT2D eigenvalue weighted by molar-refractivity contribution is 7.92. The summed E-state index contributed by atoms with van der Waals surface area (Å²) in [6.45, 7) is 2.17. The molecule has 0 aliphatic carbocycles. The lowest BCUT2D eigenvalue weighted by molar-refractivity contribution is -0.116. The fourth-order valence-electron chi connectivity index (χ4n) is 2.85. The molecule has 0 radical (unpaired) electrons. The second-order valence-corrected chi connectivity index (χ2v) is 8.65. The van der Waals surface area contributed by atoms with Crippen LogP contribution < -0.4 is 15.8 Å². The van der Waals surface area contributed by atoms with Gasteiger partial charge in [-0.05, 0) is 42.8 Å². The number of nitrogens with one attached hydrogen (secondary N) is 2. The van der Waals surface area contributed by atoms with Crippen molar-refractivity contribution in [2.45, 2.75) is 56.8 Å². The molecule has 0 unspecified atom stereocenters. The van der Waals surface area contributed by atoms with Crippen molar-refractivity contribution in [2.24, 2.45) is 0 Å². The number of benzene rings is 2. The molecule has 0 saturated carbocycles. The van der Waals surface area contributed by atoms with Crippen LogP contribution in [-0.2, 0) is 14.8 Å². The van der Waals surface area contributed by atoms with E-state index in [0.29, 0.717) is 17.8 Å². The molecule has 2 rings (SSSR count). The first kappa shape index (κ1) is 22.5. The maximum absolute atomic E-state index is 12.5. The smallest absolute Gasteiger partial charge is 0.262 e. The van der Waals surface area contributed by atoms with Crippen LogP contribution in [0.1, 0.15) is 51.9 Å². The van der Waals surface area contributed by atoms with Crippen LogP contribution in [-0.4, -0.2) is 19.4 Å². The van der Waals surface area contributed by atoms with E-state index in [9.17, 15) is 18.3 Å². The Kier molecular flexibility index (Phi) is 8.33. The largest absolute Gasteiger partial charge is 0.506 e. The molecule has 0 atom stereocenters. The molecule has 2 aromatic rings. The molecule has 0 bridgehead atoms. The second kappa shape index (κ2) is 10.7. The molecule has 7 nitrogen and oxygen atoms in total. The summed E-state index contributed by atoms with van der Waals surface area (Å²) < 4.78 is 27.3.